The van der Waals surface area contributed by atoms with Gasteiger partial charge in [-0.2, -0.15) is 0 Å². The molecule has 1 saturated carbocycles. The van der Waals surface area contributed by atoms with E-state index in [4.69, 9.17) is 4.74 Å². The van der Waals surface area contributed by atoms with Crippen LogP contribution >= 0.6 is 12.4 Å². The fraction of sp³-hybridized carbons (Fsp3) is 0.533. The lowest BCUT2D eigenvalue weighted by molar-refractivity contribution is -0.385. The van der Waals surface area contributed by atoms with Gasteiger partial charge in [0.15, 0.2) is 5.75 Å². The normalized spacial score (nSPS) is 21.2. The van der Waals surface area contributed by atoms with Crippen molar-refractivity contribution in [2.24, 2.45) is 11.3 Å². The second kappa shape index (κ2) is 6.72. The van der Waals surface area contributed by atoms with Gasteiger partial charge < -0.3 is 15.4 Å². The number of anilines is 1. The van der Waals surface area contributed by atoms with Gasteiger partial charge in [-0.1, -0.05) is 0 Å². The monoisotopic (exact) mass is 341 g/mol. The molecule has 1 atom stereocenters. The smallest absolute Gasteiger partial charge is 0.312 e. The molecule has 1 saturated heterocycles. The number of nitrogens with zero attached hydrogens (tertiary/aromatic N) is 1. The summed E-state index contributed by atoms with van der Waals surface area (Å²) >= 11 is 0. The number of carbonyl (C=O) groups excluding carboxylic acids is 1. The number of amides is 1. The topological polar surface area (TPSA) is 93.5 Å². The van der Waals surface area contributed by atoms with E-state index in [2.05, 4.69) is 10.6 Å². The molecule has 1 aliphatic carbocycles. The molecule has 3 rings (SSSR count). The van der Waals surface area contributed by atoms with Crippen LogP contribution in [0, 0.1) is 21.4 Å². The van der Waals surface area contributed by atoms with Gasteiger partial charge in [-0.15, -0.1) is 12.4 Å². The van der Waals surface area contributed by atoms with Crippen LogP contribution in [-0.2, 0) is 4.79 Å². The number of ether oxygens (including phenoxy) is 1. The van der Waals surface area contributed by atoms with Crippen LogP contribution in [0.1, 0.15) is 19.3 Å². The third-order valence-electron chi connectivity index (χ3n) is 4.75. The van der Waals surface area contributed by atoms with Gasteiger partial charge >= 0.3 is 5.69 Å². The Morgan fingerprint density at radius 1 is 1.43 bits per heavy atom. The Morgan fingerprint density at radius 3 is 2.74 bits per heavy atom. The Bertz CT molecular complexity index is 617. The van der Waals surface area contributed by atoms with Crippen LogP contribution in [0.3, 0.4) is 0 Å². The standard InChI is InChI=1S/C15H19N3O4.ClH/c1-22-13-3-2-10(8-12(13)18(20)21)17-14(19)11-9-15(11)4-6-16-7-5-15;/h2-3,8,11,16H,4-7,9H2,1H3,(H,17,19);1H. The highest BCUT2D eigenvalue weighted by Gasteiger charge is 2.57. The summed E-state index contributed by atoms with van der Waals surface area (Å²) in [5, 5.41) is 17.1. The van der Waals surface area contributed by atoms with Crippen LogP contribution in [0.2, 0.25) is 0 Å². The van der Waals surface area contributed by atoms with Gasteiger partial charge in [0.25, 0.3) is 0 Å². The molecule has 8 heteroatoms. The molecule has 1 aliphatic heterocycles. The lowest BCUT2D eigenvalue weighted by Gasteiger charge is -2.23. The maximum absolute atomic E-state index is 12.4. The van der Waals surface area contributed by atoms with E-state index in [9.17, 15) is 14.9 Å². The second-order valence-electron chi connectivity index (χ2n) is 6.00. The first-order chi connectivity index (χ1) is 10.6. The Hall–Kier alpha value is -1.86. The molecule has 2 N–H and O–H groups in total. The van der Waals surface area contributed by atoms with E-state index in [0.717, 1.165) is 32.4 Å². The molecular formula is C15H20ClN3O4. The number of rotatable bonds is 4. The Kier molecular flexibility index (Phi) is 5.11. The minimum absolute atomic E-state index is 0. The maximum Gasteiger partial charge on any atom is 0.312 e. The Labute approximate surface area is 140 Å². The van der Waals surface area contributed by atoms with Crippen molar-refractivity contribution in [3.05, 3.63) is 28.3 Å². The number of nitrogens with one attached hydrogen (secondary N) is 2. The van der Waals surface area contributed by atoms with E-state index < -0.39 is 4.92 Å². The third kappa shape index (κ3) is 3.40. The number of hydrogen-bond acceptors (Lipinski definition) is 5. The summed E-state index contributed by atoms with van der Waals surface area (Å²) in [6.45, 7) is 1.91. The van der Waals surface area contributed by atoms with Crippen LogP contribution in [0.5, 0.6) is 5.75 Å². The lowest BCUT2D eigenvalue weighted by Crippen LogP contribution is -2.31. The SMILES string of the molecule is COc1ccc(NC(=O)C2CC23CCNCC3)cc1[N+](=O)[O-].Cl. The average molecular weight is 342 g/mol. The van der Waals surface area contributed by atoms with Crippen LogP contribution in [-0.4, -0.2) is 31.0 Å². The predicted molar refractivity (Wildman–Crippen MR) is 88.2 cm³/mol. The summed E-state index contributed by atoms with van der Waals surface area (Å²) in [7, 11) is 1.38. The largest absolute Gasteiger partial charge is 0.490 e. The van der Waals surface area contributed by atoms with Crippen molar-refractivity contribution in [2.75, 3.05) is 25.5 Å². The maximum atomic E-state index is 12.4. The van der Waals surface area contributed by atoms with Crippen molar-refractivity contribution < 1.29 is 14.5 Å². The summed E-state index contributed by atoms with van der Waals surface area (Å²) in [6, 6.07) is 4.47. The number of hydrogen-bond donors (Lipinski definition) is 2. The molecule has 0 bridgehead atoms. The Balaban J connectivity index is 0.00000192. The van der Waals surface area contributed by atoms with Crippen LogP contribution in [0.25, 0.3) is 0 Å². The van der Waals surface area contributed by atoms with E-state index in [1.807, 2.05) is 0 Å². The van der Waals surface area contributed by atoms with E-state index in [-0.39, 0.29) is 41.1 Å². The molecule has 2 aliphatic rings. The highest BCUT2D eigenvalue weighted by atomic mass is 35.5. The molecule has 0 radical (unpaired) electrons. The fourth-order valence-electron chi connectivity index (χ4n) is 3.34. The number of methoxy groups -OCH3 is 1. The highest BCUT2D eigenvalue weighted by Crippen LogP contribution is 2.58. The first-order valence-corrected chi connectivity index (χ1v) is 7.40. The molecule has 23 heavy (non-hydrogen) atoms. The molecule has 1 aromatic carbocycles. The fourth-order valence-corrected chi connectivity index (χ4v) is 3.34. The summed E-state index contributed by atoms with van der Waals surface area (Å²) in [4.78, 5) is 22.9. The van der Waals surface area contributed by atoms with Gasteiger partial charge in [-0.05, 0) is 49.9 Å². The molecule has 1 heterocycles. The average Bonchev–Trinajstić information content (AvgIpc) is 3.21. The van der Waals surface area contributed by atoms with E-state index in [1.165, 1.54) is 19.2 Å². The molecule has 1 aromatic rings. The van der Waals surface area contributed by atoms with Crippen molar-refractivity contribution in [3.8, 4) is 5.75 Å². The van der Waals surface area contributed by atoms with Crippen LogP contribution in [0.4, 0.5) is 11.4 Å². The Morgan fingerprint density at radius 2 is 2.13 bits per heavy atom. The van der Waals surface area contributed by atoms with Crippen LogP contribution in [0.15, 0.2) is 18.2 Å². The van der Waals surface area contributed by atoms with Crippen molar-refractivity contribution in [1.82, 2.24) is 5.32 Å². The zero-order valence-electron chi connectivity index (χ0n) is 12.8. The lowest BCUT2D eigenvalue weighted by atomic mass is 9.92. The van der Waals surface area contributed by atoms with Gasteiger partial charge in [0.05, 0.1) is 12.0 Å². The third-order valence-corrected chi connectivity index (χ3v) is 4.75. The predicted octanol–water partition coefficient (Wildman–Crippen LogP) is 2.35. The van der Waals surface area contributed by atoms with E-state index in [0.29, 0.717) is 5.69 Å². The molecule has 1 unspecified atom stereocenters. The molecule has 2 fully saturated rings. The summed E-state index contributed by atoms with van der Waals surface area (Å²) < 4.78 is 4.96. The van der Waals surface area contributed by atoms with Crippen molar-refractivity contribution in [2.45, 2.75) is 19.3 Å². The quantitative estimate of drug-likeness (QED) is 0.647. The molecule has 0 aromatic heterocycles. The molecule has 7 nitrogen and oxygen atoms in total. The first-order valence-electron chi connectivity index (χ1n) is 7.40. The number of piperidine rings is 1. The van der Waals surface area contributed by atoms with Gasteiger partial charge in [-0.3, -0.25) is 14.9 Å². The van der Waals surface area contributed by atoms with Crippen molar-refractivity contribution in [3.63, 3.8) is 0 Å². The van der Waals surface area contributed by atoms with Gasteiger partial charge in [-0.25, -0.2) is 0 Å². The van der Waals surface area contributed by atoms with Crippen LogP contribution < -0.4 is 15.4 Å². The van der Waals surface area contributed by atoms with E-state index >= 15 is 0 Å². The minimum Gasteiger partial charge on any atom is -0.490 e. The first kappa shape index (κ1) is 17.5. The van der Waals surface area contributed by atoms with Gasteiger partial charge in [0, 0.05) is 17.7 Å². The summed E-state index contributed by atoms with van der Waals surface area (Å²) in [5.41, 5.74) is 0.439. The summed E-state index contributed by atoms with van der Waals surface area (Å²) in [6.07, 6.45) is 2.96. The minimum atomic E-state index is -0.514. The number of nitro benzene ring substituents is 1. The number of nitro groups is 1. The summed E-state index contributed by atoms with van der Waals surface area (Å²) in [5.74, 6) is 0.168. The second-order valence-corrected chi connectivity index (χ2v) is 6.00. The highest BCUT2D eigenvalue weighted by molar-refractivity contribution is 5.95. The number of halogens is 1. The number of carbonyl (C=O) groups is 1. The zero-order valence-corrected chi connectivity index (χ0v) is 13.6. The molecular weight excluding hydrogens is 322 g/mol. The number of benzene rings is 1. The van der Waals surface area contributed by atoms with Crippen molar-refractivity contribution >= 4 is 29.7 Å². The zero-order chi connectivity index (χ0) is 15.7. The van der Waals surface area contributed by atoms with E-state index in [1.54, 1.807) is 6.07 Å². The van der Waals surface area contributed by atoms with Gasteiger partial charge in [0.1, 0.15) is 0 Å². The van der Waals surface area contributed by atoms with Crippen molar-refractivity contribution in [1.29, 1.82) is 0 Å². The molecule has 1 spiro atoms. The molecule has 1 amide bonds. The molecule has 126 valence electrons. The van der Waals surface area contributed by atoms with Gasteiger partial charge in [0.2, 0.25) is 5.91 Å².